The molecule has 8 heteroatoms. The molecule has 170 valence electrons. The number of carbonyl (C=O) groups excluding carboxylic acids is 2. The van der Waals surface area contributed by atoms with Crippen LogP contribution in [0.2, 0.25) is 0 Å². The van der Waals surface area contributed by atoms with Crippen molar-refractivity contribution in [2.24, 2.45) is 5.92 Å². The molecule has 0 aromatic heterocycles. The summed E-state index contributed by atoms with van der Waals surface area (Å²) in [6, 6.07) is 9.87. The number of nitrogens with one attached hydrogen (secondary N) is 1. The van der Waals surface area contributed by atoms with Crippen LogP contribution >= 0.6 is 0 Å². The Morgan fingerprint density at radius 3 is 2.42 bits per heavy atom. The van der Waals surface area contributed by atoms with Crippen LogP contribution in [-0.4, -0.2) is 66.9 Å². The summed E-state index contributed by atoms with van der Waals surface area (Å²) in [5.74, 6) is -0.100. The van der Waals surface area contributed by atoms with Gasteiger partial charge in [0, 0.05) is 38.6 Å². The number of hydrogen-bond donors (Lipinski definition) is 1. The molecule has 2 saturated heterocycles. The van der Waals surface area contributed by atoms with E-state index in [0.717, 1.165) is 5.56 Å². The van der Waals surface area contributed by atoms with Crippen molar-refractivity contribution >= 4 is 21.8 Å². The molecule has 2 aliphatic heterocycles. The zero-order chi connectivity index (χ0) is 22.4. The Morgan fingerprint density at radius 2 is 1.81 bits per heavy atom. The Labute approximate surface area is 185 Å². The second kappa shape index (κ2) is 10.4. The van der Waals surface area contributed by atoms with Gasteiger partial charge >= 0.3 is 0 Å². The summed E-state index contributed by atoms with van der Waals surface area (Å²) in [5.41, 5.74) is 1.13. The van der Waals surface area contributed by atoms with Crippen molar-refractivity contribution in [2.75, 3.05) is 26.2 Å². The minimum atomic E-state index is -3.42. The molecule has 0 spiro atoms. The molecule has 0 bridgehead atoms. The number of carbonyl (C=O) groups is 2. The number of benzene rings is 1. The zero-order valence-electron chi connectivity index (χ0n) is 18.2. The van der Waals surface area contributed by atoms with Crippen LogP contribution in [0.25, 0.3) is 0 Å². The third-order valence-corrected chi connectivity index (χ3v) is 8.79. The molecule has 0 saturated carbocycles. The van der Waals surface area contributed by atoms with Crippen LogP contribution in [0.4, 0.5) is 0 Å². The van der Waals surface area contributed by atoms with Crippen LogP contribution in [0, 0.1) is 5.92 Å². The average molecular weight is 448 g/mol. The number of likely N-dealkylation sites (tertiary alicyclic amines) is 1. The van der Waals surface area contributed by atoms with Gasteiger partial charge in [0.2, 0.25) is 21.8 Å². The highest BCUT2D eigenvalue weighted by atomic mass is 32.2. The van der Waals surface area contributed by atoms with Gasteiger partial charge in [-0.05, 0) is 43.2 Å². The summed E-state index contributed by atoms with van der Waals surface area (Å²) in [6.45, 7) is 7.21. The monoisotopic (exact) mass is 447 g/mol. The molecule has 2 unspecified atom stereocenters. The van der Waals surface area contributed by atoms with E-state index in [0.29, 0.717) is 58.3 Å². The van der Waals surface area contributed by atoms with E-state index in [1.165, 1.54) is 6.08 Å². The highest BCUT2D eigenvalue weighted by Gasteiger charge is 2.39. The lowest BCUT2D eigenvalue weighted by Crippen LogP contribution is -2.54. The van der Waals surface area contributed by atoms with E-state index in [1.807, 2.05) is 37.3 Å². The smallest absolute Gasteiger partial charge is 0.243 e. The lowest BCUT2D eigenvalue weighted by atomic mass is 9.95. The zero-order valence-corrected chi connectivity index (χ0v) is 19.0. The second-order valence-electron chi connectivity index (χ2n) is 8.55. The number of rotatable bonds is 7. The van der Waals surface area contributed by atoms with E-state index >= 15 is 0 Å². The van der Waals surface area contributed by atoms with E-state index in [4.69, 9.17) is 0 Å². The van der Waals surface area contributed by atoms with Crippen molar-refractivity contribution in [3.8, 4) is 0 Å². The van der Waals surface area contributed by atoms with E-state index in [1.54, 1.807) is 9.21 Å². The molecular weight excluding hydrogens is 414 g/mol. The summed E-state index contributed by atoms with van der Waals surface area (Å²) in [6.07, 6.45) is 3.93. The van der Waals surface area contributed by atoms with Gasteiger partial charge in [-0.15, -0.1) is 0 Å². The maximum atomic E-state index is 13.2. The number of amides is 2. The molecule has 2 fully saturated rings. The normalized spacial score (nSPS) is 23.3. The van der Waals surface area contributed by atoms with Gasteiger partial charge in [-0.3, -0.25) is 9.59 Å². The number of hydrogen-bond acceptors (Lipinski definition) is 4. The first-order chi connectivity index (χ1) is 14.8. The van der Waals surface area contributed by atoms with Gasteiger partial charge in [-0.1, -0.05) is 43.8 Å². The number of sulfonamides is 1. The van der Waals surface area contributed by atoms with Gasteiger partial charge in [0.25, 0.3) is 0 Å². The van der Waals surface area contributed by atoms with Crippen LogP contribution in [0.5, 0.6) is 0 Å². The van der Waals surface area contributed by atoms with Crippen LogP contribution in [-0.2, 0) is 26.0 Å². The fraction of sp³-hybridized carbons (Fsp3) is 0.565. The largest absolute Gasteiger partial charge is 0.349 e. The topological polar surface area (TPSA) is 86.8 Å². The fourth-order valence-electron chi connectivity index (χ4n) is 4.46. The molecule has 2 amide bonds. The SMILES string of the molecule is C=CC(=O)NC1CCN(S(=O)(=O)C2CCN(C(=O)CCc3ccccc3)CC2)CC1C. The molecule has 2 aliphatic rings. The molecule has 0 radical (unpaired) electrons. The number of nitrogens with zero attached hydrogens (tertiary/aromatic N) is 2. The van der Waals surface area contributed by atoms with E-state index in [-0.39, 0.29) is 23.8 Å². The summed E-state index contributed by atoms with van der Waals surface area (Å²) in [4.78, 5) is 25.9. The Balaban J connectivity index is 1.49. The Kier molecular flexibility index (Phi) is 7.89. The van der Waals surface area contributed by atoms with Crippen molar-refractivity contribution < 1.29 is 18.0 Å². The van der Waals surface area contributed by atoms with Crippen LogP contribution in [0.15, 0.2) is 43.0 Å². The molecule has 31 heavy (non-hydrogen) atoms. The van der Waals surface area contributed by atoms with Crippen LogP contribution in [0.3, 0.4) is 0 Å². The standard InChI is InChI=1S/C23H33N3O4S/c1-3-22(27)24-21-13-16-26(17-18(21)2)31(29,30)20-11-14-25(15-12-20)23(28)10-9-19-7-5-4-6-8-19/h3-8,18,20-21H,1,9-17H2,2H3,(H,24,27). The van der Waals surface area contributed by atoms with Crippen molar-refractivity contribution in [1.29, 1.82) is 0 Å². The first kappa shape index (κ1) is 23.5. The minimum Gasteiger partial charge on any atom is -0.349 e. The maximum Gasteiger partial charge on any atom is 0.243 e. The first-order valence-corrected chi connectivity index (χ1v) is 12.5. The molecule has 0 aliphatic carbocycles. The van der Waals surface area contributed by atoms with Crippen molar-refractivity contribution in [1.82, 2.24) is 14.5 Å². The molecule has 1 N–H and O–H groups in total. The van der Waals surface area contributed by atoms with Gasteiger partial charge in [0.05, 0.1) is 5.25 Å². The molecule has 3 rings (SSSR count). The van der Waals surface area contributed by atoms with E-state index < -0.39 is 15.3 Å². The fourth-order valence-corrected chi connectivity index (χ4v) is 6.49. The predicted molar refractivity (Wildman–Crippen MR) is 121 cm³/mol. The lowest BCUT2D eigenvalue weighted by Gasteiger charge is -2.39. The first-order valence-electron chi connectivity index (χ1n) is 11.0. The van der Waals surface area contributed by atoms with Crippen molar-refractivity contribution in [3.05, 3.63) is 48.6 Å². The molecule has 1 aromatic carbocycles. The van der Waals surface area contributed by atoms with E-state index in [9.17, 15) is 18.0 Å². The number of aryl methyl sites for hydroxylation is 1. The maximum absolute atomic E-state index is 13.2. The summed E-state index contributed by atoms with van der Waals surface area (Å²) < 4.78 is 27.9. The van der Waals surface area contributed by atoms with E-state index in [2.05, 4.69) is 11.9 Å². The van der Waals surface area contributed by atoms with Crippen molar-refractivity contribution in [2.45, 2.75) is 50.3 Å². The third kappa shape index (κ3) is 5.95. The minimum absolute atomic E-state index is 0.0343. The summed E-state index contributed by atoms with van der Waals surface area (Å²) in [5, 5.41) is 2.44. The highest BCUT2D eigenvalue weighted by Crippen LogP contribution is 2.26. The molecule has 2 heterocycles. The summed E-state index contributed by atoms with van der Waals surface area (Å²) >= 11 is 0. The molecule has 7 nitrogen and oxygen atoms in total. The van der Waals surface area contributed by atoms with Gasteiger partial charge in [0.1, 0.15) is 0 Å². The Hall–Kier alpha value is -2.19. The lowest BCUT2D eigenvalue weighted by molar-refractivity contribution is -0.132. The van der Waals surface area contributed by atoms with Gasteiger partial charge in [-0.2, -0.15) is 0 Å². The molecule has 1 aromatic rings. The van der Waals surface area contributed by atoms with Crippen LogP contribution < -0.4 is 5.32 Å². The quantitative estimate of drug-likeness (QED) is 0.648. The van der Waals surface area contributed by atoms with Crippen LogP contribution in [0.1, 0.15) is 38.2 Å². The summed E-state index contributed by atoms with van der Waals surface area (Å²) in [7, 11) is -3.42. The second-order valence-corrected chi connectivity index (χ2v) is 10.8. The number of piperidine rings is 2. The Bertz CT molecular complexity index is 879. The van der Waals surface area contributed by atoms with Gasteiger partial charge in [0.15, 0.2) is 0 Å². The molecular formula is C23H33N3O4S. The molecule has 2 atom stereocenters. The van der Waals surface area contributed by atoms with Gasteiger partial charge in [-0.25, -0.2) is 12.7 Å². The van der Waals surface area contributed by atoms with Crippen molar-refractivity contribution in [3.63, 3.8) is 0 Å². The predicted octanol–water partition coefficient (Wildman–Crippen LogP) is 1.95. The average Bonchev–Trinajstić information content (AvgIpc) is 2.79. The third-order valence-electron chi connectivity index (χ3n) is 6.43. The van der Waals surface area contributed by atoms with Gasteiger partial charge < -0.3 is 10.2 Å². The highest BCUT2D eigenvalue weighted by molar-refractivity contribution is 7.89. The Morgan fingerprint density at radius 1 is 1.13 bits per heavy atom.